The zero-order chi connectivity index (χ0) is 18.3. The van der Waals surface area contributed by atoms with Gasteiger partial charge in [0, 0.05) is 27.8 Å². The summed E-state index contributed by atoms with van der Waals surface area (Å²) in [6.07, 6.45) is 0. The van der Waals surface area contributed by atoms with Crippen LogP contribution < -0.4 is 15.9 Å². The van der Waals surface area contributed by atoms with E-state index in [-0.39, 0.29) is 0 Å². The summed E-state index contributed by atoms with van der Waals surface area (Å²) in [6.45, 7) is 0. The van der Waals surface area contributed by atoms with E-state index in [0.717, 1.165) is 11.0 Å². The van der Waals surface area contributed by atoms with Crippen molar-refractivity contribution in [3.05, 3.63) is 103 Å². The van der Waals surface area contributed by atoms with E-state index < -0.39 is 6.04 Å². The molecule has 1 heterocycles. The second kappa shape index (κ2) is 6.49. The fourth-order valence-electron chi connectivity index (χ4n) is 3.76. The molecule has 0 unspecified atom stereocenters. The van der Waals surface area contributed by atoms with Gasteiger partial charge in [-0.1, -0.05) is 96.7 Å². The van der Waals surface area contributed by atoms with Crippen LogP contribution in [0.4, 0.5) is 0 Å². The van der Waals surface area contributed by atoms with Crippen molar-refractivity contribution in [1.29, 1.82) is 0 Å². The summed E-state index contributed by atoms with van der Waals surface area (Å²) in [5.41, 5.74) is 2.32. The van der Waals surface area contributed by atoms with E-state index in [4.69, 9.17) is 11.8 Å². The topological polar surface area (TPSA) is 15.8 Å². The molecule has 0 aliphatic carbocycles. The highest BCUT2D eigenvalue weighted by Crippen LogP contribution is 2.43. The Kier molecular flexibility index (Phi) is 3.97. The van der Waals surface area contributed by atoms with Crippen molar-refractivity contribution in [3.8, 4) is 0 Å². The summed E-state index contributed by atoms with van der Waals surface area (Å²) in [6, 6.07) is 34.2. The molecule has 0 radical (unpaired) electrons. The molecule has 0 aliphatic rings. The highest BCUT2D eigenvalue weighted by atomic mass is 32.4. The molecule has 0 aliphatic heterocycles. The summed E-state index contributed by atoms with van der Waals surface area (Å²) < 4.78 is 0. The summed E-state index contributed by atoms with van der Waals surface area (Å²) in [7, 11) is 0. The Morgan fingerprint density at radius 2 is 1.07 bits per heavy atom. The van der Waals surface area contributed by atoms with Gasteiger partial charge in [-0.25, -0.2) is 0 Å². The Hall–Kier alpha value is -2.67. The number of fused-ring (bicyclic) bond motifs is 3. The van der Waals surface area contributed by atoms with Crippen LogP contribution in [0.3, 0.4) is 0 Å². The van der Waals surface area contributed by atoms with Gasteiger partial charge in [-0.15, -0.1) is 0 Å². The number of hydrogen-bond donors (Lipinski definition) is 1. The fraction of sp³-hybridized carbons (Fsp3) is 0. The zero-order valence-corrected chi connectivity index (χ0v) is 16.4. The van der Waals surface area contributed by atoms with Gasteiger partial charge in [0.15, 0.2) is 0 Å². The molecule has 0 saturated heterocycles. The molecule has 1 aromatic heterocycles. The number of nitrogens with one attached hydrogen (secondary N) is 1. The van der Waals surface area contributed by atoms with Crippen molar-refractivity contribution in [2.24, 2.45) is 0 Å². The van der Waals surface area contributed by atoms with Gasteiger partial charge >= 0.3 is 0 Å². The van der Waals surface area contributed by atoms with E-state index in [1.807, 2.05) is 0 Å². The minimum absolute atomic E-state index is 1.16. The lowest BCUT2D eigenvalue weighted by Gasteiger charge is -2.24. The lowest BCUT2D eigenvalue weighted by atomic mass is 10.1. The average Bonchev–Trinajstić information content (AvgIpc) is 3.12. The van der Waals surface area contributed by atoms with E-state index >= 15 is 0 Å². The third-order valence-corrected chi connectivity index (χ3v) is 10.0. The molecular weight excluding hydrogens is 365 g/mol. The second-order valence-electron chi connectivity index (χ2n) is 6.68. The first-order valence-corrected chi connectivity index (χ1v) is 11.8. The van der Waals surface area contributed by atoms with E-state index in [9.17, 15) is 0 Å². The number of hydrogen-bond acceptors (Lipinski definition) is 1. The molecule has 0 fully saturated rings. The van der Waals surface area contributed by atoms with Crippen molar-refractivity contribution in [1.82, 2.24) is 4.98 Å². The van der Waals surface area contributed by atoms with Gasteiger partial charge in [-0.2, -0.15) is 0 Å². The van der Waals surface area contributed by atoms with Gasteiger partial charge < -0.3 is 4.98 Å². The summed E-state index contributed by atoms with van der Waals surface area (Å²) in [5, 5.41) is 6.17. The molecule has 0 amide bonds. The standard InChI is InChI=1S/C24H18NPS/c27-26(18-9-3-1-4-10-18,19-11-5-2-6-12-19)20-15-16-24-22(17-20)21-13-7-8-14-23(21)25-24/h1-17,25H. The second-order valence-corrected chi connectivity index (χ2v) is 11.1. The van der Waals surface area contributed by atoms with Crippen molar-refractivity contribution in [3.63, 3.8) is 0 Å². The van der Waals surface area contributed by atoms with Gasteiger partial charge in [0.05, 0.1) is 0 Å². The van der Waals surface area contributed by atoms with Gasteiger partial charge in [-0.05, 0) is 34.1 Å². The summed E-state index contributed by atoms with van der Waals surface area (Å²) in [4.78, 5) is 3.51. The van der Waals surface area contributed by atoms with Crippen molar-refractivity contribution >= 4 is 55.6 Å². The van der Waals surface area contributed by atoms with E-state index in [1.165, 1.54) is 26.7 Å². The third-order valence-electron chi connectivity index (χ3n) is 5.09. The van der Waals surface area contributed by atoms with Crippen molar-refractivity contribution in [2.75, 3.05) is 0 Å². The molecule has 1 N–H and O–H groups in total. The molecule has 130 valence electrons. The number of aromatic nitrogens is 1. The van der Waals surface area contributed by atoms with Gasteiger partial charge in [-0.3, -0.25) is 0 Å². The molecule has 4 aromatic carbocycles. The maximum atomic E-state index is 6.46. The highest BCUT2D eigenvalue weighted by molar-refractivity contribution is 8.25. The number of rotatable bonds is 3. The van der Waals surface area contributed by atoms with Crippen molar-refractivity contribution < 1.29 is 0 Å². The van der Waals surface area contributed by atoms with Crippen LogP contribution in [0.5, 0.6) is 0 Å². The lowest BCUT2D eigenvalue weighted by molar-refractivity contribution is 1.55. The van der Waals surface area contributed by atoms with Gasteiger partial charge in [0.2, 0.25) is 0 Å². The van der Waals surface area contributed by atoms with Crippen LogP contribution in [0.25, 0.3) is 21.8 Å². The molecule has 0 spiro atoms. The van der Waals surface area contributed by atoms with Crippen LogP contribution in [0.2, 0.25) is 0 Å². The Labute approximate surface area is 163 Å². The van der Waals surface area contributed by atoms with E-state index in [1.54, 1.807) is 0 Å². The fourth-order valence-corrected chi connectivity index (χ4v) is 7.50. The van der Waals surface area contributed by atoms with Crippen LogP contribution in [0, 0.1) is 0 Å². The normalized spacial score (nSPS) is 11.9. The number of benzene rings is 4. The van der Waals surface area contributed by atoms with Crippen LogP contribution in [-0.4, -0.2) is 4.98 Å². The lowest BCUT2D eigenvalue weighted by Crippen LogP contribution is -2.24. The monoisotopic (exact) mass is 383 g/mol. The summed E-state index contributed by atoms with van der Waals surface area (Å²) >= 11 is 6.46. The quantitative estimate of drug-likeness (QED) is 0.430. The van der Waals surface area contributed by atoms with Crippen LogP contribution in [-0.2, 0) is 11.8 Å². The van der Waals surface area contributed by atoms with Crippen molar-refractivity contribution in [2.45, 2.75) is 0 Å². The molecule has 1 nitrogen and oxygen atoms in total. The molecule has 27 heavy (non-hydrogen) atoms. The first-order chi connectivity index (χ1) is 13.3. The molecule has 0 bridgehead atoms. The predicted molar refractivity (Wildman–Crippen MR) is 122 cm³/mol. The molecule has 3 heteroatoms. The van der Waals surface area contributed by atoms with E-state index in [2.05, 4.69) is 108 Å². The highest BCUT2D eigenvalue weighted by Gasteiger charge is 2.25. The number of H-pyrrole nitrogens is 1. The third kappa shape index (κ3) is 2.65. The maximum absolute atomic E-state index is 6.46. The number of aromatic amines is 1. The minimum atomic E-state index is -2.11. The predicted octanol–water partition coefficient (Wildman–Crippen LogP) is 5.08. The Morgan fingerprint density at radius 1 is 0.519 bits per heavy atom. The smallest absolute Gasteiger partial charge is 0.0465 e. The Balaban J connectivity index is 1.82. The minimum Gasteiger partial charge on any atom is -0.355 e. The maximum Gasteiger partial charge on any atom is 0.0465 e. The average molecular weight is 383 g/mol. The van der Waals surface area contributed by atoms with Crippen LogP contribution in [0.1, 0.15) is 0 Å². The molecule has 0 saturated carbocycles. The van der Waals surface area contributed by atoms with E-state index in [0.29, 0.717) is 0 Å². The van der Waals surface area contributed by atoms with Crippen LogP contribution >= 0.6 is 6.04 Å². The first-order valence-electron chi connectivity index (χ1n) is 8.99. The SMILES string of the molecule is S=P(c1ccccc1)(c1ccccc1)c1ccc2[nH]c3ccccc3c2c1. The number of para-hydroxylation sites is 1. The Morgan fingerprint density at radius 3 is 1.74 bits per heavy atom. The molecule has 5 rings (SSSR count). The molecular formula is C24H18NPS. The Bertz CT molecular complexity index is 1250. The molecule has 0 atom stereocenters. The zero-order valence-electron chi connectivity index (χ0n) is 14.7. The van der Waals surface area contributed by atoms with Gasteiger partial charge in [0.1, 0.15) is 0 Å². The van der Waals surface area contributed by atoms with Gasteiger partial charge in [0.25, 0.3) is 0 Å². The molecule has 5 aromatic rings. The largest absolute Gasteiger partial charge is 0.355 e. The summed E-state index contributed by atoms with van der Waals surface area (Å²) in [5.74, 6) is 0. The van der Waals surface area contributed by atoms with Crippen LogP contribution in [0.15, 0.2) is 103 Å². The first kappa shape index (κ1) is 16.5.